The van der Waals surface area contributed by atoms with Gasteiger partial charge in [0.2, 0.25) is 10.0 Å². The van der Waals surface area contributed by atoms with E-state index in [1.165, 1.54) is 0 Å². The average Bonchev–Trinajstić information content (AvgIpc) is 2.64. The number of amides is 1. The van der Waals surface area contributed by atoms with Gasteiger partial charge in [-0.3, -0.25) is 4.79 Å². The SMILES string of the molecule is CCN(CC)CCNC(=O)c1ccc(S(=O)(=O)N2C[C@H](C)C[C@@H](C)C2)cc1. The number of sulfonamides is 1. The molecule has 0 aromatic heterocycles. The van der Waals surface area contributed by atoms with Crippen LogP contribution >= 0.6 is 0 Å². The molecule has 0 aliphatic carbocycles. The van der Waals surface area contributed by atoms with Gasteiger partial charge in [0.1, 0.15) is 0 Å². The number of hydrogen-bond donors (Lipinski definition) is 1. The highest BCUT2D eigenvalue weighted by atomic mass is 32.2. The smallest absolute Gasteiger partial charge is 0.251 e. The molecule has 0 unspecified atom stereocenters. The van der Waals surface area contributed by atoms with E-state index in [0.29, 0.717) is 37.0 Å². The van der Waals surface area contributed by atoms with Gasteiger partial charge in [-0.2, -0.15) is 4.31 Å². The molecule has 1 heterocycles. The summed E-state index contributed by atoms with van der Waals surface area (Å²) in [6.45, 7) is 12.7. The lowest BCUT2D eigenvalue weighted by atomic mass is 9.94. The number of benzene rings is 1. The zero-order chi connectivity index (χ0) is 20.0. The topological polar surface area (TPSA) is 69.7 Å². The van der Waals surface area contributed by atoms with Crippen molar-refractivity contribution < 1.29 is 13.2 Å². The predicted octanol–water partition coefficient (Wildman–Crippen LogP) is 2.42. The van der Waals surface area contributed by atoms with E-state index in [1.54, 1.807) is 28.6 Å². The molecule has 0 bridgehead atoms. The summed E-state index contributed by atoms with van der Waals surface area (Å²) in [5, 5.41) is 2.89. The van der Waals surface area contributed by atoms with E-state index in [1.807, 2.05) is 0 Å². The standard InChI is InChI=1S/C20H33N3O3S/c1-5-22(6-2)12-11-21-20(24)18-7-9-19(10-8-18)27(25,26)23-14-16(3)13-17(4)15-23/h7-10,16-17H,5-6,11-15H2,1-4H3,(H,21,24)/t16-,17-/m1/s1. The van der Waals surface area contributed by atoms with Gasteiger partial charge in [-0.25, -0.2) is 8.42 Å². The van der Waals surface area contributed by atoms with E-state index in [9.17, 15) is 13.2 Å². The maximum atomic E-state index is 12.9. The molecule has 1 fully saturated rings. The quantitative estimate of drug-likeness (QED) is 0.734. The maximum Gasteiger partial charge on any atom is 0.251 e. The first-order valence-corrected chi connectivity index (χ1v) is 11.3. The van der Waals surface area contributed by atoms with Gasteiger partial charge in [0.25, 0.3) is 5.91 Å². The second-order valence-electron chi connectivity index (χ2n) is 7.58. The molecule has 1 aliphatic heterocycles. The fraction of sp³-hybridized carbons (Fsp3) is 0.650. The van der Waals surface area contributed by atoms with Crippen molar-refractivity contribution in [3.05, 3.63) is 29.8 Å². The molecule has 0 saturated carbocycles. The monoisotopic (exact) mass is 395 g/mol. The van der Waals surface area contributed by atoms with E-state index >= 15 is 0 Å². The zero-order valence-corrected chi connectivity index (χ0v) is 17.8. The van der Waals surface area contributed by atoms with Crippen molar-refractivity contribution in [2.75, 3.05) is 39.3 Å². The molecule has 2 rings (SSSR count). The van der Waals surface area contributed by atoms with Crippen LogP contribution in [0.2, 0.25) is 0 Å². The summed E-state index contributed by atoms with van der Waals surface area (Å²) in [5.41, 5.74) is 0.480. The highest BCUT2D eigenvalue weighted by Crippen LogP contribution is 2.26. The fourth-order valence-electron chi connectivity index (χ4n) is 3.70. The molecule has 1 aromatic rings. The third-order valence-corrected chi connectivity index (χ3v) is 7.04. The van der Waals surface area contributed by atoms with Gasteiger partial charge >= 0.3 is 0 Å². The first-order chi connectivity index (χ1) is 12.8. The Morgan fingerprint density at radius 3 is 2.19 bits per heavy atom. The molecule has 1 saturated heterocycles. The Hall–Kier alpha value is -1.44. The molecule has 0 spiro atoms. The zero-order valence-electron chi connectivity index (χ0n) is 16.9. The van der Waals surface area contributed by atoms with Crippen LogP contribution in [0.3, 0.4) is 0 Å². The normalized spacial score (nSPS) is 21.4. The lowest BCUT2D eigenvalue weighted by Crippen LogP contribution is -2.42. The van der Waals surface area contributed by atoms with Crippen molar-refractivity contribution in [1.29, 1.82) is 0 Å². The number of carbonyl (C=O) groups is 1. The Morgan fingerprint density at radius 2 is 1.67 bits per heavy atom. The highest BCUT2D eigenvalue weighted by molar-refractivity contribution is 7.89. The minimum Gasteiger partial charge on any atom is -0.351 e. The number of piperidine rings is 1. The lowest BCUT2D eigenvalue weighted by molar-refractivity contribution is 0.0949. The van der Waals surface area contributed by atoms with Crippen LogP contribution in [0.1, 0.15) is 44.5 Å². The van der Waals surface area contributed by atoms with Gasteiger partial charge in [0.05, 0.1) is 4.90 Å². The number of hydrogen-bond acceptors (Lipinski definition) is 4. The molecule has 7 heteroatoms. The van der Waals surface area contributed by atoms with E-state index < -0.39 is 10.0 Å². The van der Waals surface area contributed by atoms with Crippen molar-refractivity contribution in [1.82, 2.24) is 14.5 Å². The minimum absolute atomic E-state index is 0.175. The first-order valence-electron chi connectivity index (χ1n) is 9.88. The number of carbonyl (C=O) groups excluding carboxylic acids is 1. The van der Waals surface area contributed by atoms with Crippen molar-refractivity contribution in [2.24, 2.45) is 11.8 Å². The van der Waals surface area contributed by atoms with Crippen molar-refractivity contribution >= 4 is 15.9 Å². The Kier molecular flexibility index (Phi) is 7.82. The van der Waals surface area contributed by atoms with E-state index in [4.69, 9.17) is 0 Å². The molecule has 1 aromatic carbocycles. The predicted molar refractivity (Wildman–Crippen MR) is 108 cm³/mol. The molecule has 0 radical (unpaired) electrons. The fourth-order valence-corrected chi connectivity index (χ4v) is 5.38. The van der Waals surface area contributed by atoms with E-state index in [0.717, 1.165) is 26.1 Å². The second kappa shape index (κ2) is 9.66. The van der Waals surface area contributed by atoms with Crippen LogP contribution in [0.4, 0.5) is 0 Å². The summed E-state index contributed by atoms with van der Waals surface area (Å²) in [5.74, 6) is 0.546. The summed E-state index contributed by atoms with van der Waals surface area (Å²) < 4.78 is 27.4. The Morgan fingerprint density at radius 1 is 1.11 bits per heavy atom. The summed E-state index contributed by atoms with van der Waals surface area (Å²) >= 11 is 0. The van der Waals surface area contributed by atoms with Gasteiger partial charge < -0.3 is 10.2 Å². The molecule has 1 N–H and O–H groups in total. The molecule has 6 nitrogen and oxygen atoms in total. The van der Waals surface area contributed by atoms with Crippen molar-refractivity contribution in [2.45, 2.75) is 39.0 Å². The van der Waals surface area contributed by atoms with Crippen LogP contribution in [0.25, 0.3) is 0 Å². The van der Waals surface area contributed by atoms with Crippen molar-refractivity contribution in [3.63, 3.8) is 0 Å². The van der Waals surface area contributed by atoms with Crippen LogP contribution < -0.4 is 5.32 Å². The van der Waals surface area contributed by atoms with Crippen LogP contribution in [-0.2, 0) is 10.0 Å². The maximum absolute atomic E-state index is 12.9. The van der Waals surface area contributed by atoms with Gasteiger partial charge in [0, 0.05) is 31.7 Å². The van der Waals surface area contributed by atoms with Crippen LogP contribution in [0.5, 0.6) is 0 Å². The number of nitrogens with one attached hydrogen (secondary N) is 1. The van der Waals surface area contributed by atoms with Crippen LogP contribution in [0.15, 0.2) is 29.2 Å². The van der Waals surface area contributed by atoms with Gasteiger partial charge in [0.15, 0.2) is 0 Å². The Bertz CT molecular complexity index is 704. The Labute approximate surface area is 164 Å². The first kappa shape index (κ1) is 21.9. The molecule has 152 valence electrons. The van der Waals surface area contributed by atoms with E-state index in [-0.39, 0.29) is 10.8 Å². The van der Waals surface area contributed by atoms with Gasteiger partial charge in [-0.15, -0.1) is 0 Å². The van der Waals surface area contributed by atoms with Gasteiger partial charge in [-0.1, -0.05) is 27.7 Å². The molecule has 1 aliphatic rings. The van der Waals surface area contributed by atoms with Gasteiger partial charge in [-0.05, 0) is 55.6 Å². The highest BCUT2D eigenvalue weighted by Gasteiger charge is 2.31. The minimum atomic E-state index is -3.51. The molecule has 2 atom stereocenters. The van der Waals surface area contributed by atoms with E-state index in [2.05, 4.69) is 37.9 Å². The number of rotatable bonds is 8. The lowest BCUT2D eigenvalue weighted by Gasteiger charge is -2.34. The third-order valence-electron chi connectivity index (χ3n) is 5.20. The van der Waals surface area contributed by atoms with Crippen LogP contribution in [-0.4, -0.2) is 62.8 Å². The second-order valence-corrected chi connectivity index (χ2v) is 9.51. The molecule has 27 heavy (non-hydrogen) atoms. The molecule has 1 amide bonds. The number of likely N-dealkylation sites (N-methyl/N-ethyl adjacent to an activating group) is 1. The number of nitrogens with zero attached hydrogens (tertiary/aromatic N) is 2. The molecular formula is C20H33N3O3S. The average molecular weight is 396 g/mol. The summed E-state index contributed by atoms with van der Waals surface area (Å²) in [6.07, 6.45) is 1.05. The molecular weight excluding hydrogens is 362 g/mol. The van der Waals surface area contributed by atoms with Crippen LogP contribution in [0, 0.1) is 11.8 Å². The largest absolute Gasteiger partial charge is 0.351 e. The Balaban J connectivity index is 2.00. The summed E-state index contributed by atoms with van der Waals surface area (Å²) in [6, 6.07) is 6.27. The van der Waals surface area contributed by atoms with Crippen molar-refractivity contribution in [3.8, 4) is 0 Å². The third kappa shape index (κ3) is 5.77. The summed E-state index contributed by atoms with van der Waals surface area (Å²) in [4.78, 5) is 14.7. The summed E-state index contributed by atoms with van der Waals surface area (Å²) in [7, 11) is -3.51.